The van der Waals surface area contributed by atoms with E-state index >= 15 is 0 Å². The second-order valence-electron chi connectivity index (χ2n) is 14.1. The second-order valence-corrected chi connectivity index (χ2v) is 15.9. The molecule has 3 aliphatic rings. The smallest absolute Gasteiger partial charge is 0.421 e. The summed E-state index contributed by atoms with van der Waals surface area (Å²) in [6, 6.07) is 10.4. The van der Waals surface area contributed by atoms with Gasteiger partial charge < -0.3 is 25.6 Å². The van der Waals surface area contributed by atoms with E-state index in [2.05, 4.69) is 40.4 Å². The number of rotatable bonds is 13. The first-order valence-corrected chi connectivity index (χ1v) is 19.6. The Kier molecular flexibility index (Phi) is 11.5. The summed E-state index contributed by atoms with van der Waals surface area (Å²) in [6.45, 7) is 7.37. The molecule has 3 aromatic rings. The summed E-state index contributed by atoms with van der Waals surface area (Å²) < 4.78 is 73.6. The highest BCUT2D eigenvalue weighted by molar-refractivity contribution is 7.92. The van der Waals surface area contributed by atoms with E-state index in [1.54, 1.807) is 43.3 Å². The summed E-state index contributed by atoms with van der Waals surface area (Å²) >= 11 is 0. The molecule has 16 heteroatoms. The third kappa shape index (κ3) is 10.0. The van der Waals surface area contributed by atoms with E-state index in [-0.39, 0.29) is 35.9 Å². The number of alkyl halides is 3. The number of benzene rings is 2. The van der Waals surface area contributed by atoms with Crippen molar-refractivity contribution in [1.82, 2.24) is 25.1 Å². The fraction of sp³-hybridized carbons (Fsp3) is 0.528. The lowest BCUT2D eigenvalue weighted by Crippen LogP contribution is -2.52. The Bertz CT molecular complexity index is 1840. The molecule has 6 rings (SSSR count). The van der Waals surface area contributed by atoms with Crippen molar-refractivity contribution in [1.29, 1.82) is 0 Å². The maximum Gasteiger partial charge on any atom is 0.421 e. The Morgan fingerprint density at radius 3 is 2.37 bits per heavy atom. The van der Waals surface area contributed by atoms with E-state index in [0.717, 1.165) is 69.6 Å². The summed E-state index contributed by atoms with van der Waals surface area (Å²) in [4.78, 5) is 26.5. The molecule has 1 saturated heterocycles. The van der Waals surface area contributed by atoms with Gasteiger partial charge in [-0.25, -0.2) is 13.4 Å². The third-order valence-corrected chi connectivity index (χ3v) is 10.6. The molecule has 1 aliphatic heterocycles. The van der Waals surface area contributed by atoms with Crippen LogP contribution in [0, 0.1) is 12.8 Å². The first kappa shape index (κ1) is 37.6. The number of amides is 1. The van der Waals surface area contributed by atoms with Crippen molar-refractivity contribution in [3.63, 3.8) is 0 Å². The van der Waals surface area contributed by atoms with Gasteiger partial charge in [-0.15, -0.1) is 0 Å². The SMILES string of the molecule is COc1cc(C(=O)N[C@H]2CC[C@H](N3CCN(CC4CC4)CC3)CC2)ccc1Nc1ncc(C(F)(F)F)c(NCc2ccc(C)cc2NS(C)(=O)=O)n1. The van der Waals surface area contributed by atoms with Crippen molar-refractivity contribution >= 4 is 39.1 Å². The van der Waals surface area contributed by atoms with Gasteiger partial charge in [-0.1, -0.05) is 12.1 Å². The molecular weight excluding hydrogens is 698 g/mol. The zero-order valence-electron chi connectivity index (χ0n) is 29.7. The summed E-state index contributed by atoms with van der Waals surface area (Å²) in [5, 5.41) is 8.77. The third-order valence-electron chi connectivity index (χ3n) is 9.98. The molecule has 1 aromatic heterocycles. The Labute approximate surface area is 303 Å². The minimum absolute atomic E-state index is 0.0771. The molecule has 2 saturated carbocycles. The number of aryl methyl sites for hydroxylation is 1. The van der Waals surface area contributed by atoms with Crippen molar-refractivity contribution in [2.75, 3.05) is 61.4 Å². The number of ether oxygens (including phenoxy) is 1. The molecule has 4 N–H and O–H groups in total. The van der Waals surface area contributed by atoms with Crippen molar-refractivity contribution < 1.29 is 31.1 Å². The molecule has 1 amide bonds. The molecule has 3 fully saturated rings. The number of anilines is 4. The van der Waals surface area contributed by atoms with E-state index in [9.17, 15) is 26.4 Å². The predicted octanol–water partition coefficient (Wildman–Crippen LogP) is 5.61. The van der Waals surface area contributed by atoms with Gasteiger partial charge in [0, 0.05) is 63.1 Å². The molecule has 0 bridgehead atoms. The van der Waals surface area contributed by atoms with Crippen LogP contribution in [-0.2, 0) is 22.7 Å². The molecule has 2 heterocycles. The monoisotopic (exact) mass is 744 g/mol. The van der Waals surface area contributed by atoms with Crippen LogP contribution in [-0.4, -0.2) is 92.3 Å². The molecular formula is C36H47F3N8O4S. The highest BCUT2D eigenvalue weighted by atomic mass is 32.2. The number of hydrogen-bond acceptors (Lipinski definition) is 10. The Hall–Kier alpha value is -4.15. The van der Waals surface area contributed by atoms with Crippen molar-refractivity contribution in [3.8, 4) is 5.75 Å². The van der Waals surface area contributed by atoms with Gasteiger partial charge in [0.2, 0.25) is 16.0 Å². The number of carbonyl (C=O) groups is 1. The lowest BCUT2D eigenvalue weighted by molar-refractivity contribution is -0.137. The van der Waals surface area contributed by atoms with Gasteiger partial charge in [-0.2, -0.15) is 18.2 Å². The maximum absolute atomic E-state index is 14.0. The number of hydrogen-bond donors (Lipinski definition) is 4. The van der Waals surface area contributed by atoms with Crippen LogP contribution in [0.5, 0.6) is 5.75 Å². The van der Waals surface area contributed by atoms with E-state index in [1.165, 1.54) is 26.5 Å². The van der Waals surface area contributed by atoms with Crippen LogP contribution < -0.4 is 25.4 Å². The molecule has 0 spiro atoms. The minimum atomic E-state index is -4.77. The number of methoxy groups -OCH3 is 1. The molecule has 0 radical (unpaired) electrons. The summed E-state index contributed by atoms with van der Waals surface area (Å²) in [5.41, 5.74) is 1.07. The Morgan fingerprint density at radius 1 is 0.981 bits per heavy atom. The topological polar surface area (TPSA) is 141 Å². The fourth-order valence-corrected chi connectivity index (χ4v) is 7.58. The van der Waals surface area contributed by atoms with E-state index in [4.69, 9.17) is 4.74 Å². The molecule has 12 nitrogen and oxygen atoms in total. The quantitative estimate of drug-likeness (QED) is 0.175. The van der Waals surface area contributed by atoms with Crippen molar-refractivity contribution in [3.05, 3.63) is 64.8 Å². The van der Waals surface area contributed by atoms with Gasteiger partial charge >= 0.3 is 6.18 Å². The van der Waals surface area contributed by atoms with Gasteiger partial charge in [0.15, 0.2) is 0 Å². The summed E-state index contributed by atoms with van der Waals surface area (Å²) in [5.74, 6) is 0.330. The van der Waals surface area contributed by atoms with E-state index in [1.807, 2.05) is 0 Å². The lowest BCUT2D eigenvalue weighted by atomic mass is 9.89. The Balaban J connectivity index is 1.07. The van der Waals surface area contributed by atoms with Crippen LogP contribution in [0.3, 0.4) is 0 Å². The number of nitrogens with zero attached hydrogens (tertiary/aromatic N) is 4. The molecule has 0 atom stereocenters. The van der Waals surface area contributed by atoms with Crippen LogP contribution >= 0.6 is 0 Å². The number of sulfonamides is 1. The van der Waals surface area contributed by atoms with E-state index in [0.29, 0.717) is 29.1 Å². The molecule has 2 aromatic carbocycles. The number of aromatic nitrogens is 2. The average molecular weight is 745 g/mol. The van der Waals surface area contributed by atoms with Crippen molar-refractivity contribution in [2.45, 2.75) is 70.3 Å². The minimum Gasteiger partial charge on any atom is -0.495 e. The first-order valence-electron chi connectivity index (χ1n) is 17.7. The number of carbonyl (C=O) groups excluding carboxylic acids is 1. The largest absolute Gasteiger partial charge is 0.495 e. The van der Waals surface area contributed by atoms with Gasteiger partial charge in [-0.05, 0) is 86.8 Å². The second kappa shape index (κ2) is 15.8. The lowest BCUT2D eigenvalue weighted by Gasteiger charge is -2.42. The Morgan fingerprint density at radius 2 is 1.71 bits per heavy atom. The molecule has 0 unspecified atom stereocenters. The standard InChI is InChI=1S/C36H47F3N8O4S/c1-23-4-7-26(31(18-23)45-52(3,49)50)20-40-33-29(36(37,38)39)21-41-35(44-33)43-30-13-8-25(19-32(30)51-2)34(48)42-27-9-11-28(12-10-27)47-16-14-46(15-17-47)22-24-5-6-24/h4,7-8,13,18-19,21,24,27-28,45H,5-6,9-12,14-17,20,22H2,1-3H3,(H,42,48)(H2,40,41,43,44)/t27-,28-. The molecule has 282 valence electrons. The van der Waals surface area contributed by atoms with Crippen LogP contribution in [0.15, 0.2) is 42.6 Å². The van der Waals surface area contributed by atoms with Crippen LogP contribution in [0.25, 0.3) is 0 Å². The normalized spacial score (nSPS) is 20.3. The zero-order chi connectivity index (χ0) is 37.0. The van der Waals surface area contributed by atoms with Gasteiger partial charge in [-0.3, -0.25) is 14.4 Å². The predicted molar refractivity (Wildman–Crippen MR) is 195 cm³/mol. The first-order chi connectivity index (χ1) is 24.7. The number of nitrogens with one attached hydrogen (secondary N) is 4. The van der Waals surface area contributed by atoms with Gasteiger partial charge in [0.1, 0.15) is 17.1 Å². The maximum atomic E-state index is 14.0. The summed E-state index contributed by atoms with van der Waals surface area (Å²) in [7, 11) is -2.21. The fourth-order valence-electron chi connectivity index (χ4n) is 6.99. The highest BCUT2D eigenvalue weighted by Crippen LogP contribution is 2.36. The molecule has 52 heavy (non-hydrogen) atoms. The number of piperazine rings is 1. The van der Waals surface area contributed by atoms with Crippen molar-refractivity contribution in [2.24, 2.45) is 5.92 Å². The average Bonchev–Trinajstić information content (AvgIpc) is 3.92. The molecule has 2 aliphatic carbocycles. The summed E-state index contributed by atoms with van der Waals surface area (Å²) in [6.07, 6.45) is 3.59. The van der Waals surface area contributed by atoms with Crippen LogP contribution in [0.4, 0.5) is 36.3 Å². The van der Waals surface area contributed by atoms with E-state index < -0.39 is 27.6 Å². The zero-order valence-corrected chi connectivity index (χ0v) is 30.5. The van der Waals surface area contributed by atoms with Gasteiger partial charge in [0.05, 0.1) is 24.7 Å². The van der Waals surface area contributed by atoms with Crippen LogP contribution in [0.2, 0.25) is 0 Å². The highest BCUT2D eigenvalue weighted by Gasteiger charge is 2.36. The van der Waals surface area contributed by atoms with Gasteiger partial charge in [0.25, 0.3) is 5.91 Å². The van der Waals surface area contributed by atoms with Crippen LogP contribution in [0.1, 0.15) is 65.6 Å². The number of halogens is 3.